The lowest BCUT2D eigenvalue weighted by Crippen LogP contribution is -2.68. The van der Waals surface area contributed by atoms with Gasteiger partial charge in [-0.05, 0) is 85.2 Å². The van der Waals surface area contributed by atoms with Crippen molar-refractivity contribution in [2.45, 2.75) is 260 Å². The van der Waals surface area contributed by atoms with E-state index in [4.69, 9.17) is 66.3 Å². The lowest BCUT2D eigenvalue weighted by molar-refractivity contribution is -0.389. The quantitative estimate of drug-likeness (QED) is 0.0262. The molecule has 0 aromatic heterocycles. The van der Waals surface area contributed by atoms with E-state index in [1.165, 1.54) is 0 Å². The first kappa shape index (κ1) is 95.1. The van der Waals surface area contributed by atoms with Crippen molar-refractivity contribution >= 4 is 124 Å². The van der Waals surface area contributed by atoms with Crippen molar-refractivity contribution < 1.29 is 207 Å². The molecule has 112 heavy (non-hydrogen) atoms. The molecule has 0 aromatic rings. The number of carbonyl (C=O) groups is 7. The number of ether oxygens (including phenoxy) is 14. The van der Waals surface area contributed by atoms with E-state index in [0.29, 0.717) is 0 Å². The Hall–Kier alpha value is -2.38. The van der Waals surface area contributed by atoms with E-state index in [-0.39, 0.29) is 40.3 Å². The maximum absolute atomic E-state index is 12.1. The Labute approximate surface area is 668 Å². The summed E-state index contributed by atoms with van der Waals surface area (Å²) in [5, 5.41) is 250. The van der Waals surface area contributed by atoms with Gasteiger partial charge in [-0.3, -0.25) is 0 Å². The van der Waals surface area contributed by atoms with Gasteiger partial charge in [0.2, 0.25) is 0 Å². The summed E-state index contributed by atoms with van der Waals surface area (Å²) in [6, 6.07) is 0. The van der Waals surface area contributed by atoms with Gasteiger partial charge in [-0.25, -0.2) is 0 Å². The highest BCUT2D eigenvalue weighted by Gasteiger charge is 2.60. The molecule has 644 valence electrons. The Morgan fingerprint density at radius 1 is 0.188 bits per heavy atom. The molecule has 42 nitrogen and oxygen atoms in total. The maximum atomic E-state index is 12.1. The SMILES string of the molecule is O=C([O-])CCSC[C@H]1O[C@@H]2O[C@H]3[C@H](O)[C@@H](O)[C@@H](O[C@H]4[C@H](O)[C@@H](O)[C@@H](O[C@H]5[C@H](O)[C@@H](O)[C@@H](O[C@H]6[C@H](O)[C@@H](O)[C@@H](O[C@H]7[C@H](O)[C@@H](O)[C@@H](O[C@H]8[C@H](O)[C@@H](O)[C@@H](O[C@H]1[C@H](O)[C@H]2O)O[C@@H]8CSCCC(=O)[O-])O[C@@H]7CSCCC(=O)[O-])O[C@@H]6CSCCC(=O)[O-])O[C@@H]5CSCCC(=O)[O-])O[C@@H]4CSCCC(=O)[O-])O[C@@H]3CSCCC(=O)[O-]. The van der Waals surface area contributed by atoms with Crippen LogP contribution in [0, 0.1) is 0 Å². The van der Waals surface area contributed by atoms with E-state index >= 15 is 0 Å². The normalized spacial score (nSPS) is 41.5. The van der Waals surface area contributed by atoms with Gasteiger partial charge in [0.25, 0.3) is 0 Å². The molecular weight excluding hydrogens is 1650 g/mol. The third-order valence-corrected chi connectivity index (χ3v) is 26.1. The van der Waals surface area contributed by atoms with Crippen LogP contribution in [0.15, 0.2) is 0 Å². The van der Waals surface area contributed by atoms with Gasteiger partial charge in [0.1, 0.15) is 128 Å². The van der Waals surface area contributed by atoms with Gasteiger partial charge >= 0.3 is 0 Å². The molecule has 0 unspecified atom stereocenters. The molecule has 21 saturated heterocycles. The minimum absolute atomic E-state index is 0.205. The molecule has 14 N–H and O–H groups in total. The Kier molecular flexibility index (Phi) is 38.9. The zero-order chi connectivity index (χ0) is 81.9. The molecule has 0 amide bonds. The molecular formula is C63H91O42S7-7. The molecule has 0 aromatic carbocycles. The molecule has 49 heteroatoms. The van der Waals surface area contributed by atoms with Crippen LogP contribution in [0.4, 0.5) is 0 Å². The molecule has 21 rings (SSSR count). The van der Waals surface area contributed by atoms with Crippen molar-refractivity contribution in [3.63, 3.8) is 0 Å². The molecule has 21 aliphatic heterocycles. The van der Waals surface area contributed by atoms with Crippen molar-refractivity contribution in [1.82, 2.24) is 0 Å². The molecule has 0 aliphatic carbocycles. The zero-order valence-corrected chi connectivity index (χ0v) is 64.8. The van der Waals surface area contributed by atoms with Crippen LogP contribution in [0.5, 0.6) is 0 Å². The van der Waals surface area contributed by atoms with Gasteiger partial charge in [0.05, 0.1) is 42.7 Å². The van der Waals surface area contributed by atoms with Crippen LogP contribution < -0.4 is 35.7 Å². The Bertz CT molecular complexity index is 2440. The van der Waals surface area contributed by atoms with Gasteiger partial charge in [0.15, 0.2) is 44.0 Å². The van der Waals surface area contributed by atoms with E-state index in [1.807, 2.05) is 0 Å². The molecule has 21 heterocycles. The number of carboxylic acid groups (broad SMARTS) is 7. The summed E-state index contributed by atoms with van der Waals surface area (Å²) in [5.41, 5.74) is 0. The first-order valence-corrected chi connectivity index (χ1v) is 43.4. The summed E-state index contributed by atoms with van der Waals surface area (Å²) in [4.78, 5) is 81.1. The zero-order valence-electron chi connectivity index (χ0n) is 59.1. The topological polar surface area (TPSA) is 693 Å². The monoisotopic (exact) mass is 1740 g/mol. The smallest absolute Gasteiger partial charge is 0.187 e. The van der Waals surface area contributed by atoms with Crippen LogP contribution in [-0.2, 0) is 99.9 Å². The summed E-state index contributed by atoms with van der Waals surface area (Å²) in [6.45, 7) is 0. The lowest BCUT2D eigenvalue weighted by atomic mass is 9.95. The van der Waals surface area contributed by atoms with Crippen molar-refractivity contribution in [3.8, 4) is 0 Å². The minimum atomic E-state index is -2.31. The average Bonchev–Trinajstić information content (AvgIpc) is 0.778. The highest BCUT2D eigenvalue weighted by Crippen LogP contribution is 2.42. The Balaban J connectivity index is 1.21. The standard InChI is InChI=1S/C63H98O42S7/c64-29(65)1-8-106-15-22-50-36(78)43(85)57(92-22)100-51-23(16-107-9-2-30(66)67)94-59(45(87)38(51)80)102-53-25(18-109-11-4-32(70)71)96-61(47(89)40(53)82)104-55-27(20-111-13-6-34(74)75)98-63(49(91)42(55)84)105-56-28(21-112-14-7-35(76)77)97-62(48(90)41(56)83)103-54-26(19-110-12-5-33(72)73)95-60(46(88)39(54)81)101-52-24(17-108-10-3-31(68)69)93-58(99-50)44(86)37(52)79/h22-28,36-63,78-91H,1-21H2,(H,64,65)(H,66,67)(H,68,69)(H,70,71)(H,72,73)(H,74,75)(H,76,77)/p-7/t22-,23-,24-,25-,26-,27-,28-,36-,37-,38-,39-,40-,41-,42-,43-,44-,45-,46-,47-,48-,49-,50-,51-,52-,53-,54-,55-,56-,57-,58-,59-,60-,61-,62-,63-/m1/s1. The molecule has 21 aliphatic rings. The number of carboxylic acids is 7. The lowest BCUT2D eigenvalue weighted by Gasteiger charge is -2.50. The second-order valence-corrected chi connectivity index (χ2v) is 34.8. The van der Waals surface area contributed by atoms with Crippen LogP contribution in [0.2, 0.25) is 0 Å². The van der Waals surface area contributed by atoms with E-state index in [1.54, 1.807) is 0 Å². The largest absolute Gasteiger partial charge is 0.550 e. The van der Waals surface area contributed by atoms with Gasteiger partial charge < -0.3 is 207 Å². The Morgan fingerprint density at radius 2 is 0.295 bits per heavy atom. The molecule has 0 saturated carbocycles. The molecule has 35 atom stereocenters. The van der Waals surface area contributed by atoms with Crippen LogP contribution >= 0.6 is 82.3 Å². The summed E-state index contributed by atoms with van der Waals surface area (Å²) in [7, 11) is 0. The van der Waals surface area contributed by atoms with Gasteiger partial charge in [-0.2, -0.15) is 82.3 Å². The van der Waals surface area contributed by atoms with E-state index in [9.17, 15) is 141 Å². The maximum Gasteiger partial charge on any atom is 0.187 e. The van der Waals surface area contributed by atoms with Gasteiger partial charge in [0, 0.05) is 82.1 Å². The number of aliphatic carboxylic acids is 7. The second kappa shape index (κ2) is 45.9. The minimum Gasteiger partial charge on any atom is -0.550 e. The fraction of sp³-hybridized carbons (Fsp3) is 0.889. The second-order valence-electron chi connectivity index (χ2n) is 26.8. The van der Waals surface area contributed by atoms with Crippen molar-refractivity contribution in [3.05, 3.63) is 0 Å². The fourth-order valence-electron chi connectivity index (χ4n) is 12.8. The summed E-state index contributed by atoms with van der Waals surface area (Å²) in [6.07, 6.45) is -75.5. The third-order valence-electron chi connectivity index (χ3n) is 18.7. The van der Waals surface area contributed by atoms with E-state index in [2.05, 4.69) is 0 Å². The highest BCUT2D eigenvalue weighted by atomic mass is 32.2. The summed E-state index contributed by atoms with van der Waals surface area (Å²) >= 11 is 5.93. The van der Waals surface area contributed by atoms with E-state index < -0.39 is 342 Å². The number of hydrogen-bond acceptors (Lipinski definition) is 49. The first-order valence-electron chi connectivity index (χ1n) is 35.3. The van der Waals surface area contributed by atoms with Gasteiger partial charge in [-0.1, -0.05) is 0 Å². The summed E-state index contributed by atoms with van der Waals surface area (Å²) < 4.78 is 86.8. The number of rotatable bonds is 35. The number of hydrogen-bond donors (Lipinski definition) is 14. The van der Waals surface area contributed by atoms with Crippen LogP contribution in [0.1, 0.15) is 44.9 Å². The number of aliphatic hydroxyl groups is 14. The van der Waals surface area contributed by atoms with Crippen molar-refractivity contribution in [2.75, 3.05) is 80.5 Å². The highest BCUT2D eigenvalue weighted by molar-refractivity contribution is 8.00. The number of aliphatic hydroxyl groups excluding tert-OH is 14. The average molecular weight is 1740 g/mol. The van der Waals surface area contributed by atoms with E-state index in [0.717, 1.165) is 82.3 Å². The molecule has 0 radical (unpaired) electrons. The third kappa shape index (κ3) is 26.6. The summed E-state index contributed by atoms with van der Waals surface area (Å²) in [5.74, 6) is -14.7. The van der Waals surface area contributed by atoms with Crippen LogP contribution in [0.3, 0.4) is 0 Å². The fourth-order valence-corrected chi connectivity index (χ4v) is 19.7. The first-order chi connectivity index (χ1) is 53.1. The molecule has 0 spiro atoms. The van der Waals surface area contributed by atoms with Crippen LogP contribution in [0.25, 0.3) is 0 Å². The molecule has 14 bridgehead atoms. The molecule has 21 fully saturated rings. The van der Waals surface area contributed by atoms with Crippen molar-refractivity contribution in [1.29, 1.82) is 0 Å². The predicted octanol–water partition coefficient (Wildman–Crippen LogP) is -16.1. The van der Waals surface area contributed by atoms with Crippen molar-refractivity contribution in [2.24, 2.45) is 0 Å². The van der Waals surface area contributed by atoms with Gasteiger partial charge in [-0.15, -0.1) is 0 Å². The Morgan fingerprint density at radius 3 is 0.393 bits per heavy atom. The predicted molar refractivity (Wildman–Crippen MR) is 367 cm³/mol. The number of thioether (sulfide) groups is 7. The van der Waals surface area contributed by atoms with Crippen LogP contribution in [-0.4, -0.2) is 409 Å². The number of carbonyl (C=O) groups excluding carboxylic acids is 7.